The molecule has 0 aliphatic rings. The van der Waals surface area contributed by atoms with Crippen LogP contribution in [0.25, 0.3) is 22.4 Å². The van der Waals surface area contributed by atoms with E-state index in [1.165, 1.54) is 0 Å². The molecule has 0 aliphatic carbocycles. The second kappa shape index (κ2) is 7.84. The van der Waals surface area contributed by atoms with Crippen molar-refractivity contribution >= 4 is 10.9 Å². The van der Waals surface area contributed by atoms with Crippen LogP contribution in [0.3, 0.4) is 0 Å². The fourth-order valence-corrected chi connectivity index (χ4v) is 3.41. The molecule has 3 aromatic carbocycles. The Morgan fingerprint density at radius 1 is 0.833 bits per heavy atom. The third-order valence-electron chi connectivity index (χ3n) is 5.02. The molecule has 5 rings (SSSR count). The quantitative estimate of drug-likeness (QED) is 0.339. The van der Waals surface area contributed by atoms with E-state index in [0.29, 0.717) is 12.3 Å². The molecule has 0 spiro atoms. The van der Waals surface area contributed by atoms with Crippen LogP contribution in [-0.2, 0) is 6.42 Å². The summed E-state index contributed by atoms with van der Waals surface area (Å²) < 4.78 is 11.8. The largest absolute Gasteiger partial charge is 0.457 e. The lowest BCUT2D eigenvalue weighted by atomic mass is 10.1. The maximum Gasteiger partial charge on any atom is 0.226 e. The van der Waals surface area contributed by atoms with Gasteiger partial charge in [-0.25, -0.2) is 4.98 Å². The number of aryl methyl sites for hydroxylation is 1. The molecule has 0 saturated heterocycles. The van der Waals surface area contributed by atoms with E-state index in [2.05, 4.69) is 17.1 Å². The molecule has 0 atom stereocenters. The Morgan fingerprint density at radius 3 is 2.47 bits per heavy atom. The standard InChI is InChI=1S/C26H20N2O2/c1-18-24(16-19-9-13-23(14-10-19)30-22-7-3-2-4-8-22)28-26(29-18)21-12-11-20-6-5-15-27-25(20)17-21/h2-15,17H,16H2,1H3. The van der Waals surface area contributed by atoms with Gasteiger partial charge in [-0.1, -0.05) is 42.5 Å². The van der Waals surface area contributed by atoms with Gasteiger partial charge in [-0.3, -0.25) is 4.98 Å². The molecule has 0 fully saturated rings. The van der Waals surface area contributed by atoms with Crippen LogP contribution in [0, 0.1) is 6.92 Å². The number of oxazole rings is 1. The number of hydrogen-bond donors (Lipinski definition) is 0. The summed E-state index contributed by atoms with van der Waals surface area (Å²) in [6.07, 6.45) is 2.50. The Labute approximate surface area is 174 Å². The van der Waals surface area contributed by atoms with Crippen LogP contribution in [-0.4, -0.2) is 9.97 Å². The molecule has 4 nitrogen and oxygen atoms in total. The lowest BCUT2D eigenvalue weighted by Gasteiger charge is -2.06. The number of pyridine rings is 1. The molecule has 0 N–H and O–H groups in total. The number of aromatic nitrogens is 2. The Bertz CT molecular complexity index is 1290. The summed E-state index contributed by atoms with van der Waals surface area (Å²) in [5.41, 5.74) is 3.95. The Hall–Kier alpha value is -3.92. The second-order valence-electron chi connectivity index (χ2n) is 7.17. The van der Waals surface area contributed by atoms with Gasteiger partial charge in [0.15, 0.2) is 0 Å². The van der Waals surface area contributed by atoms with Crippen molar-refractivity contribution < 1.29 is 9.15 Å². The van der Waals surface area contributed by atoms with Crippen molar-refractivity contribution in [3.8, 4) is 23.0 Å². The summed E-state index contributed by atoms with van der Waals surface area (Å²) in [6.45, 7) is 1.96. The van der Waals surface area contributed by atoms with Gasteiger partial charge in [-0.15, -0.1) is 0 Å². The van der Waals surface area contributed by atoms with Gasteiger partial charge in [0, 0.05) is 23.6 Å². The Morgan fingerprint density at radius 2 is 1.63 bits per heavy atom. The summed E-state index contributed by atoms with van der Waals surface area (Å²) in [5, 5.41) is 1.10. The summed E-state index contributed by atoms with van der Waals surface area (Å²) in [5.74, 6) is 3.09. The van der Waals surface area contributed by atoms with Crippen LogP contribution in [0.1, 0.15) is 17.0 Å². The third-order valence-corrected chi connectivity index (χ3v) is 5.02. The van der Waals surface area contributed by atoms with Gasteiger partial charge in [0.1, 0.15) is 17.3 Å². The average Bonchev–Trinajstić information content (AvgIpc) is 3.15. The van der Waals surface area contributed by atoms with E-state index in [-0.39, 0.29) is 0 Å². The van der Waals surface area contributed by atoms with Crippen LogP contribution in [0.15, 0.2) is 95.5 Å². The van der Waals surface area contributed by atoms with Crippen LogP contribution >= 0.6 is 0 Å². The molecule has 0 unspecified atom stereocenters. The summed E-state index contributed by atoms with van der Waals surface area (Å²) in [6, 6.07) is 27.9. The number of benzene rings is 3. The normalized spacial score (nSPS) is 11.0. The van der Waals surface area contributed by atoms with Crippen molar-refractivity contribution in [1.82, 2.24) is 9.97 Å². The van der Waals surface area contributed by atoms with E-state index in [1.807, 2.05) is 79.7 Å². The van der Waals surface area contributed by atoms with Gasteiger partial charge in [0.05, 0.1) is 11.2 Å². The SMILES string of the molecule is Cc1oc(-c2ccc3cccnc3c2)nc1Cc1ccc(Oc2ccccc2)cc1. The van der Waals surface area contributed by atoms with Gasteiger partial charge in [-0.05, 0) is 55.0 Å². The molecule has 0 amide bonds. The number of hydrogen-bond acceptors (Lipinski definition) is 4. The molecule has 0 bridgehead atoms. The topological polar surface area (TPSA) is 48.2 Å². The van der Waals surface area contributed by atoms with E-state index in [1.54, 1.807) is 6.20 Å². The van der Waals surface area contributed by atoms with Crippen molar-refractivity contribution in [2.24, 2.45) is 0 Å². The zero-order valence-corrected chi connectivity index (χ0v) is 16.6. The molecule has 146 valence electrons. The van der Waals surface area contributed by atoms with Gasteiger partial charge in [-0.2, -0.15) is 0 Å². The van der Waals surface area contributed by atoms with E-state index in [9.17, 15) is 0 Å². The monoisotopic (exact) mass is 392 g/mol. The smallest absolute Gasteiger partial charge is 0.226 e. The fourth-order valence-electron chi connectivity index (χ4n) is 3.41. The molecule has 0 aliphatic heterocycles. The van der Waals surface area contributed by atoms with Crippen molar-refractivity contribution in [3.05, 3.63) is 108 Å². The predicted molar refractivity (Wildman–Crippen MR) is 118 cm³/mol. The molecule has 5 aromatic rings. The van der Waals surface area contributed by atoms with Crippen LogP contribution in [0.2, 0.25) is 0 Å². The third kappa shape index (κ3) is 3.80. The highest BCUT2D eigenvalue weighted by atomic mass is 16.5. The average molecular weight is 392 g/mol. The van der Waals surface area contributed by atoms with Crippen molar-refractivity contribution in [2.75, 3.05) is 0 Å². The summed E-state index contributed by atoms with van der Waals surface area (Å²) >= 11 is 0. The number of rotatable bonds is 5. The van der Waals surface area contributed by atoms with E-state index in [4.69, 9.17) is 14.1 Å². The summed E-state index contributed by atoms with van der Waals surface area (Å²) in [4.78, 5) is 9.17. The minimum atomic E-state index is 0.624. The number of para-hydroxylation sites is 1. The van der Waals surface area contributed by atoms with Gasteiger partial charge >= 0.3 is 0 Å². The van der Waals surface area contributed by atoms with Crippen LogP contribution in [0.5, 0.6) is 11.5 Å². The first-order chi connectivity index (χ1) is 14.7. The fraction of sp³-hybridized carbons (Fsp3) is 0.0769. The van der Waals surface area contributed by atoms with Crippen LogP contribution in [0.4, 0.5) is 0 Å². The molecule has 4 heteroatoms. The first-order valence-electron chi connectivity index (χ1n) is 9.88. The molecule has 0 radical (unpaired) electrons. The Kier molecular flexibility index (Phi) is 4.74. The highest BCUT2D eigenvalue weighted by Crippen LogP contribution is 2.27. The Balaban J connectivity index is 1.34. The zero-order chi connectivity index (χ0) is 20.3. The highest BCUT2D eigenvalue weighted by Gasteiger charge is 2.13. The predicted octanol–water partition coefficient (Wildman–Crippen LogP) is 6.58. The molecular formula is C26H20N2O2. The zero-order valence-electron chi connectivity index (χ0n) is 16.6. The minimum Gasteiger partial charge on any atom is -0.457 e. The second-order valence-corrected chi connectivity index (χ2v) is 7.17. The minimum absolute atomic E-state index is 0.624. The van der Waals surface area contributed by atoms with E-state index < -0.39 is 0 Å². The van der Waals surface area contributed by atoms with Crippen molar-refractivity contribution in [3.63, 3.8) is 0 Å². The van der Waals surface area contributed by atoms with Gasteiger partial charge < -0.3 is 9.15 Å². The van der Waals surface area contributed by atoms with Crippen molar-refractivity contribution in [2.45, 2.75) is 13.3 Å². The molecule has 2 aromatic heterocycles. The maximum atomic E-state index is 5.96. The van der Waals surface area contributed by atoms with Crippen molar-refractivity contribution in [1.29, 1.82) is 0 Å². The van der Waals surface area contributed by atoms with Crippen LogP contribution < -0.4 is 4.74 Å². The number of nitrogens with zero attached hydrogens (tertiary/aromatic N) is 2. The van der Waals surface area contributed by atoms with Gasteiger partial charge in [0.25, 0.3) is 0 Å². The number of ether oxygens (including phenoxy) is 1. The first-order valence-corrected chi connectivity index (χ1v) is 9.88. The highest BCUT2D eigenvalue weighted by molar-refractivity contribution is 5.82. The first kappa shape index (κ1) is 18.1. The molecular weight excluding hydrogens is 372 g/mol. The summed E-state index contributed by atoms with van der Waals surface area (Å²) in [7, 11) is 0. The molecule has 2 heterocycles. The maximum absolute atomic E-state index is 5.96. The lowest BCUT2D eigenvalue weighted by Crippen LogP contribution is -1.91. The molecule has 30 heavy (non-hydrogen) atoms. The van der Waals surface area contributed by atoms with E-state index >= 15 is 0 Å². The number of fused-ring (bicyclic) bond motifs is 1. The van der Waals surface area contributed by atoms with Gasteiger partial charge in [0.2, 0.25) is 5.89 Å². The molecule has 0 saturated carbocycles. The lowest BCUT2D eigenvalue weighted by molar-refractivity contribution is 0.482. The van der Waals surface area contributed by atoms with E-state index in [0.717, 1.165) is 45.0 Å².